The molecule has 3 nitrogen and oxygen atoms in total. The van der Waals surface area contributed by atoms with E-state index in [-0.39, 0.29) is 0 Å². The second-order valence-corrected chi connectivity index (χ2v) is 3.43. The Morgan fingerprint density at radius 3 is 2.00 bits per heavy atom. The number of benzene rings is 1. The molecule has 0 fully saturated rings. The Balaban J connectivity index is 2.78. The molecule has 74 valence electrons. The van der Waals surface area contributed by atoms with Crippen molar-refractivity contribution >= 4 is 11.4 Å². The van der Waals surface area contributed by atoms with Crippen LogP contribution in [0.1, 0.15) is 0 Å². The van der Waals surface area contributed by atoms with Gasteiger partial charge in [-0.2, -0.15) is 5.26 Å². The number of hydrogen-bond donors (Lipinski definition) is 0. The van der Waals surface area contributed by atoms with E-state index < -0.39 is 0 Å². The molecule has 3 heteroatoms. The highest BCUT2D eigenvalue weighted by Gasteiger charge is 2.00. The molecule has 0 aliphatic carbocycles. The van der Waals surface area contributed by atoms with Gasteiger partial charge in [-0.15, -0.1) is 0 Å². The van der Waals surface area contributed by atoms with Gasteiger partial charge in [0.05, 0.1) is 6.07 Å². The summed E-state index contributed by atoms with van der Waals surface area (Å²) >= 11 is 0. The second kappa shape index (κ2) is 4.52. The molecule has 0 aromatic heterocycles. The van der Waals surface area contributed by atoms with Gasteiger partial charge in [-0.1, -0.05) is 0 Å². The van der Waals surface area contributed by atoms with Gasteiger partial charge in [-0.3, -0.25) is 0 Å². The number of nitriles is 1. The van der Waals surface area contributed by atoms with Crippen LogP contribution in [0.25, 0.3) is 0 Å². The van der Waals surface area contributed by atoms with Crippen LogP contribution < -0.4 is 9.80 Å². The molecule has 0 amide bonds. The van der Waals surface area contributed by atoms with Crippen molar-refractivity contribution in [3.8, 4) is 6.07 Å². The molecule has 0 N–H and O–H groups in total. The predicted octanol–water partition coefficient (Wildman–Crippen LogP) is 1.71. The molecule has 0 saturated carbocycles. The molecule has 0 radical (unpaired) electrons. The first-order chi connectivity index (χ1) is 6.65. The van der Waals surface area contributed by atoms with E-state index in [1.807, 2.05) is 55.2 Å². The van der Waals surface area contributed by atoms with E-state index in [1.54, 1.807) is 0 Å². The maximum Gasteiger partial charge on any atom is 0.105 e. The van der Waals surface area contributed by atoms with Gasteiger partial charge in [0.15, 0.2) is 0 Å². The van der Waals surface area contributed by atoms with Crippen LogP contribution in [-0.2, 0) is 0 Å². The van der Waals surface area contributed by atoms with E-state index in [4.69, 9.17) is 5.26 Å². The standard InChI is InChI=1S/C11H15N3/c1-13(2)10-4-6-11(7-5-10)14(3)9-8-12/h4-7H,9H2,1-3H3. The lowest BCUT2D eigenvalue weighted by Gasteiger charge is -2.17. The van der Waals surface area contributed by atoms with E-state index in [0.29, 0.717) is 6.54 Å². The summed E-state index contributed by atoms with van der Waals surface area (Å²) in [6.07, 6.45) is 0. The Hall–Kier alpha value is -1.69. The molecule has 1 aromatic rings. The van der Waals surface area contributed by atoms with Crippen molar-refractivity contribution in [3.63, 3.8) is 0 Å². The molecule has 0 spiro atoms. The largest absolute Gasteiger partial charge is 0.378 e. The molecule has 0 heterocycles. The van der Waals surface area contributed by atoms with Crippen molar-refractivity contribution in [2.75, 3.05) is 37.5 Å². The van der Waals surface area contributed by atoms with E-state index in [9.17, 15) is 0 Å². The molecule has 0 aliphatic rings. The van der Waals surface area contributed by atoms with Crippen LogP contribution in [0.5, 0.6) is 0 Å². The predicted molar refractivity (Wildman–Crippen MR) is 59.7 cm³/mol. The second-order valence-electron chi connectivity index (χ2n) is 3.43. The number of rotatable bonds is 3. The SMILES string of the molecule is CN(C)c1ccc(N(C)CC#N)cc1. The molecule has 1 rings (SSSR count). The Morgan fingerprint density at radius 2 is 1.57 bits per heavy atom. The lowest BCUT2D eigenvalue weighted by atomic mass is 10.2. The average Bonchev–Trinajstić information content (AvgIpc) is 2.18. The molecule has 14 heavy (non-hydrogen) atoms. The minimum Gasteiger partial charge on any atom is -0.378 e. The van der Waals surface area contributed by atoms with Gasteiger partial charge in [0.1, 0.15) is 6.54 Å². The van der Waals surface area contributed by atoms with Crippen LogP contribution in [0.15, 0.2) is 24.3 Å². The van der Waals surface area contributed by atoms with Crippen molar-refractivity contribution in [1.29, 1.82) is 5.26 Å². The van der Waals surface area contributed by atoms with Crippen LogP contribution >= 0.6 is 0 Å². The number of hydrogen-bond acceptors (Lipinski definition) is 3. The topological polar surface area (TPSA) is 30.3 Å². The normalized spacial score (nSPS) is 9.29. The number of anilines is 2. The van der Waals surface area contributed by atoms with Crippen molar-refractivity contribution in [2.24, 2.45) is 0 Å². The van der Waals surface area contributed by atoms with Gasteiger partial charge in [0, 0.05) is 32.5 Å². The van der Waals surface area contributed by atoms with Gasteiger partial charge >= 0.3 is 0 Å². The van der Waals surface area contributed by atoms with Crippen LogP contribution in [0.3, 0.4) is 0 Å². The molecule has 0 bridgehead atoms. The summed E-state index contributed by atoms with van der Waals surface area (Å²) in [6, 6.07) is 10.2. The van der Waals surface area contributed by atoms with Crippen LogP contribution in [-0.4, -0.2) is 27.7 Å². The Kier molecular flexibility index (Phi) is 3.35. The van der Waals surface area contributed by atoms with Crippen molar-refractivity contribution in [2.45, 2.75) is 0 Å². The zero-order chi connectivity index (χ0) is 10.6. The molecule has 0 aliphatic heterocycles. The summed E-state index contributed by atoms with van der Waals surface area (Å²) in [7, 11) is 5.93. The highest BCUT2D eigenvalue weighted by molar-refractivity contribution is 5.55. The van der Waals surface area contributed by atoms with Gasteiger partial charge in [-0.25, -0.2) is 0 Å². The molecule has 0 atom stereocenters. The summed E-state index contributed by atoms with van der Waals surface area (Å²) in [5.74, 6) is 0. The van der Waals surface area contributed by atoms with Crippen molar-refractivity contribution in [3.05, 3.63) is 24.3 Å². The summed E-state index contributed by atoms with van der Waals surface area (Å²) in [5.41, 5.74) is 2.23. The molecule has 1 aromatic carbocycles. The highest BCUT2D eigenvalue weighted by atomic mass is 15.1. The molecular weight excluding hydrogens is 174 g/mol. The fraction of sp³-hybridized carbons (Fsp3) is 0.364. The van der Waals surface area contributed by atoms with Gasteiger partial charge in [0.25, 0.3) is 0 Å². The van der Waals surface area contributed by atoms with Gasteiger partial charge < -0.3 is 9.80 Å². The minimum atomic E-state index is 0.418. The van der Waals surface area contributed by atoms with Crippen LogP contribution in [0.2, 0.25) is 0 Å². The third-order valence-corrected chi connectivity index (χ3v) is 2.11. The highest BCUT2D eigenvalue weighted by Crippen LogP contribution is 2.17. The van der Waals surface area contributed by atoms with Crippen molar-refractivity contribution in [1.82, 2.24) is 0 Å². The minimum absolute atomic E-state index is 0.418. The first-order valence-electron chi connectivity index (χ1n) is 4.50. The van der Waals surface area contributed by atoms with Crippen molar-refractivity contribution < 1.29 is 0 Å². The molecule has 0 saturated heterocycles. The quantitative estimate of drug-likeness (QED) is 0.678. The summed E-state index contributed by atoms with van der Waals surface area (Å²) in [5, 5.41) is 8.54. The Bertz CT molecular complexity index is 321. The summed E-state index contributed by atoms with van der Waals surface area (Å²) < 4.78 is 0. The summed E-state index contributed by atoms with van der Waals surface area (Å²) in [6.45, 7) is 0.418. The third-order valence-electron chi connectivity index (χ3n) is 2.11. The van der Waals surface area contributed by atoms with Crippen LogP contribution in [0, 0.1) is 11.3 Å². The van der Waals surface area contributed by atoms with Crippen LogP contribution in [0.4, 0.5) is 11.4 Å². The zero-order valence-corrected chi connectivity index (χ0v) is 8.86. The third kappa shape index (κ3) is 2.40. The smallest absolute Gasteiger partial charge is 0.105 e. The lowest BCUT2D eigenvalue weighted by molar-refractivity contribution is 1.03. The van der Waals surface area contributed by atoms with E-state index in [1.165, 1.54) is 5.69 Å². The first kappa shape index (κ1) is 10.4. The number of nitrogens with zero attached hydrogens (tertiary/aromatic N) is 3. The van der Waals surface area contributed by atoms with Gasteiger partial charge in [-0.05, 0) is 24.3 Å². The average molecular weight is 189 g/mol. The van der Waals surface area contributed by atoms with E-state index in [0.717, 1.165) is 5.69 Å². The summed E-state index contributed by atoms with van der Waals surface area (Å²) in [4.78, 5) is 3.97. The molecule has 0 unspecified atom stereocenters. The van der Waals surface area contributed by atoms with E-state index in [2.05, 4.69) is 6.07 Å². The Labute approximate surface area is 85.2 Å². The van der Waals surface area contributed by atoms with Gasteiger partial charge in [0.2, 0.25) is 0 Å². The maximum atomic E-state index is 8.54. The zero-order valence-electron chi connectivity index (χ0n) is 8.86. The lowest BCUT2D eigenvalue weighted by Crippen LogP contribution is -2.17. The fourth-order valence-electron chi connectivity index (χ4n) is 1.20. The Morgan fingerprint density at radius 1 is 1.07 bits per heavy atom. The molecular formula is C11H15N3. The maximum absolute atomic E-state index is 8.54. The van der Waals surface area contributed by atoms with E-state index >= 15 is 0 Å². The monoisotopic (exact) mass is 189 g/mol. The fourth-order valence-corrected chi connectivity index (χ4v) is 1.20. The first-order valence-corrected chi connectivity index (χ1v) is 4.50.